The number of nitrogens with zero attached hydrogens (tertiary/aromatic N) is 3. The second-order valence-corrected chi connectivity index (χ2v) is 5.21. The molecule has 0 bridgehead atoms. The van der Waals surface area contributed by atoms with Gasteiger partial charge in [-0.15, -0.1) is 0 Å². The summed E-state index contributed by atoms with van der Waals surface area (Å²) in [6, 6.07) is 15.8. The Bertz CT molecular complexity index is 908. The first-order chi connectivity index (χ1) is 12.2. The van der Waals surface area contributed by atoms with Crippen molar-refractivity contribution in [1.82, 2.24) is 20.5 Å². The van der Waals surface area contributed by atoms with Crippen LogP contribution >= 0.6 is 0 Å². The van der Waals surface area contributed by atoms with Gasteiger partial charge in [0.15, 0.2) is 5.82 Å². The standard InChI is InChI=1S/C18H15N5O2/c1-25-15-8-6-13(7-9-15)17-21-16(22-23-17)11-20-18(24)14-4-2-12(10-19)3-5-14/h2-9H,11H2,1H3,(H,20,24)(H,21,22,23). The molecule has 0 saturated carbocycles. The zero-order valence-electron chi connectivity index (χ0n) is 13.5. The maximum atomic E-state index is 12.1. The van der Waals surface area contributed by atoms with E-state index in [1.807, 2.05) is 30.3 Å². The molecular weight excluding hydrogens is 318 g/mol. The highest BCUT2D eigenvalue weighted by Gasteiger charge is 2.09. The minimum Gasteiger partial charge on any atom is -0.497 e. The largest absolute Gasteiger partial charge is 0.497 e. The van der Waals surface area contributed by atoms with Crippen LogP contribution in [0.25, 0.3) is 11.4 Å². The number of aromatic nitrogens is 3. The number of H-pyrrole nitrogens is 1. The van der Waals surface area contributed by atoms with Crippen LogP contribution in [0.3, 0.4) is 0 Å². The van der Waals surface area contributed by atoms with Gasteiger partial charge < -0.3 is 10.1 Å². The average Bonchev–Trinajstić information content (AvgIpc) is 3.15. The lowest BCUT2D eigenvalue weighted by Gasteiger charge is -2.03. The van der Waals surface area contributed by atoms with Crippen LogP contribution in [0.1, 0.15) is 21.7 Å². The number of hydrogen-bond donors (Lipinski definition) is 2. The fourth-order valence-electron chi connectivity index (χ4n) is 2.21. The summed E-state index contributed by atoms with van der Waals surface area (Å²) in [6.45, 7) is 0.224. The lowest BCUT2D eigenvalue weighted by atomic mass is 10.1. The Morgan fingerprint density at radius 2 is 1.92 bits per heavy atom. The molecule has 0 fully saturated rings. The molecule has 0 unspecified atom stereocenters. The fourth-order valence-corrected chi connectivity index (χ4v) is 2.21. The number of aromatic amines is 1. The first kappa shape index (κ1) is 16.2. The van der Waals surface area contributed by atoms with Crippen molar-refractivity contribution in [2.75, 3.05) is 7.11 Å². The summed E-state index contributed by atoms with van der Waals surface area (Å²) in [5, 5.41) is 18.5. The number of methoxy groups -OCH3 is 1. The molecule has 7 heteroatoms. The Hall–Kier alpha value is -3.66. The molecule has 0 radical (unpaired) electrons. The third kappa shape index (κ3) is 3.82. The van der Waals surface area contributed by atoms with Crippen molar-refractivity contribution in [3.8, 4) is 23.2 Å². The number of amides is 1. The Morgan fingerprint density at radius 3 is 2.56 bits per heavy atom. The highest BCUT2D eigenvalue weighted by Crippen LogP contribution is 2.18. The Morgan fingerprint density at radius 1 is 1.20 bits per heavy atom. The highest BCUT2D eigenvalue weighted by molar-refractivity contribution is 5.94. The number of benzene rings is 2. The molecule has 7 nitrogen and oxygen atoms in total. The summed E-state index contributed by atoms with van der Waals surface area (Å²) < 4.78 is 5.12. The monoisotopic (exact) mass is 333 g/mol. The molecule has 1 aromatic heterocycles. The van der Waals surface area contributed by atoms with Crippen LogP contribution in [0.2, 0.25) is 0 Å². The van der Waals surface area contributed by atoms with E-state index in [1.165, 1.54) is 0 Å². The second kappa shape index (κ2) is 7.27. The summed E-state index contributed by atoms with van der Waals surface area (Å²) in [6.07, 6.45) is 0. The third-order valence-electron chi connectivity index (χ3n) is 3.57. The van der Waals surface area contributed by atoms with Crippen molar-refractivity contribution in [2.24, 2.45) is 0 Å². The van der Waals surface area contributed by atoms with Crippen molar-refractivity contribution in [3.63, 3.8) is 0 Å². The van der Waals surface area contributed by atoms with Crippen LogP contribution in [-0.2, 0) is 6.54 Å². The van der Waals surface area contributed by atoms with Crippen molar-refractivity contribution in [2.45, 2.75) is 6.54 Å². The van der Waals surface area contributed by atoms with Gasteiger partial charge in [0.2, 0.25) is 0 Å². The summed E-state index contributed by atoms with van der Waals surface area (Å²) in [5.41, 5.74) is 1.84. The molecule has 3 rings (SSSR count). The zero-order valence-corrected chi connectivity index (χ0v) is 13.5. The van der Waals surface area contributed by atoms with Crippen molar-refractivity contribution in [1.29, 1.82) is 5.26 Å². The van der Waals surface area contributed by atoms with Gasteiger partial charge in [-0.2, -0.15) is 10.4 Å². The Balaban J connectivity index is 1.62. The average molecular weight is 333 g/mol. The number of rotatable bonds is 5. The molecule has 124 valence electrons. The molecule has 25 heavy (non-hydrogen) atoms. The molecule has 2 aromatic carbocycles. The van der Waals surface area contributed by atoms with Crippen LogP contribution in [0.15, 0.2) is 48.5 Å². The SMILES string of the molecule is COc1ccc(-c2n[nH]c(CNC(=O)c3ccc(C#N)cc3)n2)cc1. The van der Waals surface area contributed by atoms with Crippen LogP contribution in [0.4, 0.5) is 0 Å². The maximum Gasteiger partial charge on any atom is 0.251 e. The van der Waals surface area contributed by atoms with E-state index >= 15 is 0 Å². The van der Waals surface area contributed by atoms with E-state index in [1.54, 1.807) is 31.4 Å². The number of hydrogen-bond acceptors (Lipinski definition) is 5. The molecule has 0 saturated heterocycles. The molecule has 0 aliphatic rings. The van der Waals surface area contributed by atoms with E-state index in [9.17, 15) is 4.79 Å². The zero-order chi connectivity index (χ0) is 17.6. The smallest absolute Gasteiger partial charge is 0.251 e. The Labute approximate surface area is 144 Å². The molecule has 3 aromatic rings. The minimum atomic E-state index is -0.244. The van der Waals surface area contributed by atoms with Crippen molar-refractivity contribution < 1.29 is 9.53 Å². The molecule has 0 spiro atoms. The lowest BCUT2D eigenvalue weighted by Crippen LogP contribution is -2.23. The van der Waals surface area contributed by atoms with Gasteiger partial charge in [0, 0.05) is 11.1 Å². The molecular formula is C18H15N5O2. The summed E-state index contributed by atoms with van der Waals surface area (Å²) in [4.78, 5) is 16.5. The van der Waals surface area contributed by atoms with E-state index in [0.717, 1.165) is 11.3 Å². The predicted molar refractivity (Wildman–Crippen MR) is 90.7 cm³/mol. The van der Waals surface area contributed by atoms with Gasteiger partial charge in [-0.3, -0.25) is 9.89 Å². The summed E-state index contributed by atoms with van der Waals surface area (Å²) in [5.74, 6) is 1.61. The van der Waals surface area contributed by atoms with Crippen LogP contribution in [0, 0.1) is 11.3 Å². The second-order valence-electron chi connectivity index (χ2n) is 5.21. The molecule has 1 heterocycles. The summed E-state index contributed by atoms with van der Waals surface area (Å²) in [7, 11) is 1.61. The van der Waals surface area contributed by atoms with E-state index in [4.69, 9.17) is 10.00 Å². The first-order valence-electron chi connectivity index (χ1n) is 7.53. The van der Waals surface area contributed by atoms with Crippen molar-refractivity contribution >= 4 is 5.91 Å². The number of nitriles is 1. The number of nitrogens with one attached hydrogen (secondary N) is 2. The van der Waals surface area contributed by atoms with E-state index < -0.39 is 0 Å². The van der Waals surface area contributed by atoms with Gasteiger partial charge in [0.25, 0.3) is 5.91 Å². The number of carbonyl (C=O) groups excluding carboxylic acids is 1. The first-order valence-corrected chi connectivity index (χ1v) is 7.53. The minimum absolute atomic E-state index is 0.224. The number of ether oxygens (including phenoxy) is 1. The topological polar surface area (TPSA) is 104 Å². The maximum absolute atomic E-state index is 12.1. The molecule has 1 amide bonds. The molecule has 2 N–H and O–H groups in total. The van der Waals surface area contributed by atoms with Gasteiger partial charge in [0.05, 0.1) is 25.3 Å². The van der Waals surface area contributed by atoms with Gasteiger partial charge >= 0.3 is 0 Å². The van der Waals surface area contributed by atoms with Gasteiger partial charge in [-0.05, 0) is 48.5 Å². The summed E-state index contributed by atoms with van der Waals surface area (Å²) >= 11 is 0. The van der Waals surface area contributed by atoms with Gasteiger partial charge in [-0.25, -0.2) is 4.98 Å². The molecule has 0 aliphatic carbocycles. The van der Waals surface area contributed by atoms with E-state index in [-0.39, 0.29) is 12.5 Å². The number of carbonyl (C=O) groups is 1. The normalized spacial score (nSPS) is 10.1. The van der Waals surface area contributed by atoms with E-state index in [2.05, 4.69) is 20.5 Å². The quantitative estimate of drug-likeness (QED) is 0.745. The Kier molecular flexibility index (Phi) is 4.72. The van der Waals surface area contributed by atoms with Crippen LogP contribution < -0.4 is 10.1 Å². The van der Waals surface area contributed by atoms with Crippen LogP contribution in [-0.4, -0.2) is 28.2 Å². The predicted octanol–water partition coefficient (Wildman–Crippen LogP) is 2.28. The van der Waals surface area contributed by atoms with Gasteiger partial charge in [-0.1, -0.05) is 0 Å². The van der Waals surface area contributed by atoms with Crippen molar-refractivity contribution in [3.05, 3.63) is 65.5 Å². The lowest BCUT2D eigenvalue weighted by molar-refractivity contribution is 0.0950. The third-order valence-corrected chi connectivity index (χ3v) is 3.57. The highest BCUT2D eigenvalue weighted by atomic mass is 16.5. The van der Waals surface area contributed by atoms with Gasteiger partial charge in [0.1, 0.15) is 11.6 Å². The molecule has 0 aliphatic heterocycles. The van der Waals surface area contributed by atoms with Crippen LogP contribution in [0.5, 0.6) is 5.75 Å². The van der Waals surface area contributed by atoms with E-state index in [0.29, 0.717) is 22.8 Å². The molecule has 0 atom stereocenters. The fraction of sp³-hybridized carbons (Fsp3) is 0.111.